The molecule has 0 aliphatic heterocycles. The van der Waals surface area contributed by atoms with Crippen molar-refractivity contribution in [3.8, 4) is 0 Å². The maximum absolute atomic E-state index is 6.27. The van der Waals surface area contributed by atoms with Crippen LogP contribution in [0.1, 0.15) is 24.0 Å². The van der Waals surface area contributed by atoms with Gasteiger partial charge < -0.3 is 5.73 Å². The SMILES string of the molecule is Cc1ccccc1CC(N)C1(Cl)CC1.Cl. The number of alkyl halides is 1. The highest BCUT2D eigenvalue weighted by atomic mass is 35.5. The first-order chi connectivity index (χ1) is 6.62. The van der Waals surface area contributed by atoms with Crippen LogP contribution in [0.3, 0.4) is 0 Å². The summed E-state index contributed by atoms with van der Waals surface area (Å²) in [5.74, 6) is 0. The number of hydrogen-bond donors (Lipinski definition) is 1. The Bertz CT molecular complexity index is 334. The van der Waals surface area contributed by atoms with Gasteiger partial charge in [0.25, 0.3) is 0 Å². The van der Waals surface area contributed by atoms with Gasteiger partial charge in [0.2, 0.25) is 0 Å². The normalized spacial score (nSPS) is 19.1. The predicted molar refractivity (Wildman–Crippen MR) is 67.9 cm³/mol. The smallest absolute Gasteiger partial charge is 0.0601 e. The third-order valence-electron chi connectivity index (χ3n) is 3.09. The minimum atomic E-state index is -0.0950. The Morgan fingerprint density at radius 1 is 1.40 bits per heavy atom. The van der Waals surface area contributed by atoms with Crippen LogP contribution in [0.5, 0.6) is 0 Å². The number of rotatable bonds is 3. The molecule has 1 atom stereocenters. The number of nitrogens with two attached hydrogens (primary N) is 1. The Morgan fingerprint density at radius 3 is 2.53 bits per heavy atom. The lowest BCUT2D eigenvalue weighted by atomic mass is 9.99. The quantitative estimate of drug-likeness (QED) is 0.815. The van der Waals surface area contributed by atoms with E-state index in [1.54, 1.807) is 0 Å². The molecule has 3 heteroatoms. The van der Waals surface area contributed by atoms with E-state index in [4.69, 9.17) is 17.3 Å². The maximum Gasteiger partial charge on any atom is 0.0601 e. The average Bonchev–Trinajstić information content (AvgIpc) is 2.89. The molecule has 0 amide bonds. The molecular weight excluding hydrogens is 229 g/mol. The second-order valence-electron chi connectivity index (χ2n) is 4.27. The molecule has 84 valence electrons. The second kappa shape index (κ2) is 4.73. The summed E-state index contributed by atoms with van der Waals surface area (Å²) in [6, 6.07) is 8.47. The lowest BCUT2D eigenvalue weighted by molar-refractivity contribution is 0.617. The van der Waals surface area contributed by atoms with Crippen molar-refractivity contribution in [2.24, 2.45) is 5.73 Å². The van der Waals surface area contributed by atoms with E-state index in [0.717, 1.165) is 19.3 Å². The highest BCUT2D eigenvalue weighted by Gasteiger charge is 2.45. The predicted octanol–water partition coefficient (Wildman–Crippen LogP) is 3.06. The zero-order chi connectivity index (χ0) is 10.2. The first-order valence-corrected chi connectivity index (χ1v) is 5.49. The van der Waals surface area contributed by atoms with Crippen LogP contribution in [-0.2, 0) is 6.42 Å². The van der Waals surface area contributed by atoms with Gasteiger partial charge in [-0.05, 0) is 37.3 Å². The molecule has 2 rings (SSSR count). The highest BCUT2D eigenvalue weighted by molar-refractivity contribution is 6.26. The molecule has 1 aliphatic rings. The fraction of sp³-hybridized carbons (Fsp3) is 0.500. The number of hydrogen-bond acceptors (Lipinski definition) is 1. The standard InChI is InChI=1S/C12H16ClN.ClH/c1-9-4-2-3-5-10(9)8-11(14)12(13)6-7-12;/h2-5,11H,6-8,14H2,1H3;1H. The Labute approximate surface area is 102 Å². The van der Waals surface area contributed by atoms with Crippen molar-refractivity contribution in [2.45, 2.75) is 37.1 Å². The molecule has 15 heavy (non-hydrogen) atoms. The van der Waals surface area contributed by atoms with Crippen LogP contribution in [0.15, 0.2) is 24.3 Å². The van der Waals surface area contributed by atoms with Crippen LogP contribution >= 0.6 is 24.0 Å². The first-order valence-electron chi connectivity index (χ1n) is 5.11. The van der Waals surface area contributed by atoms with Gasteiger partial charge in [0.05, 0.1) is 4.87 Å². The van der Waals surface area contributed by atoms with Crippen LogP contribution in [0, 0.1) is 6.92 Å². The van der Waals surface area contributed by atoms with Crippen LogP contribution in [0.25, 0.3) is 0 Å². The summed E-state index contributed by atoms with van der Waals surface area (Å²) in [5.41, 5.74) is 8.72. The third kappa shape index (κ3) is 2.87. The number of benzene rings is 1. The van der Waals surface area contributed by atoms with Crippen LogP contribution in [0.2, 0.25) is 0 Å². The van der Waals surface area contributed by atoms with Gasteiger partial charge in [0, 0.05) is 6.04 Å². The van der Waals surface area contributed by atoms with Crippen molar-refractivity contribution in [2.75, 3.05) is 0 Å². The molecule has 1 unspecified atom stereocenters. The minimum absolute atomic E-state index is 0. The summed E-state index contributed by atoms with van der Waals surface area (Å²) in [6.07, 6.45) is 3.04. The Morgan fingerprint density at radius 2 is 2.00 bits per heavy atom. The second-order valence-corrected chi connectivity index (χ2v) is 5.02. The molecule has 0 radical (unpaired) electrons. The van der Waals surface area contributed by atoms with E-state index < -0.39 is 0 Å². The molecule has 0 spiro atoms. The molecule has 1 saturated carbocycles. The van der Waals surface area contributed by atoms with Gasteiger partial charge >= 0.3 is 0 Å². The molecule has 2 N–H and O–H groups in total. The molecule has 1 aromatic carbocycles. The van der Waals surface area contributed by atoms with Crippen LogP contribution in [-0.4, -0.2) is 10.9 Å². The van der Waals surface area contributed by atoms with Crippen molar-refractivity contribution in [1.29, 1.82) is 0 Å². The molecule has 0 aromatic heterocycles. The van der Waals surface area contributed by atoms with Gasteiger partial charge in [-0.1, -0.05) is 24.3 Å². The largest absolute Gasteiger partial charge is 0.326 e. The average molecular weight is 246 g/mol. The van der Waals surface area contributed by atoms with Gasteiger partial charge in [0.15, 0.2) is 0 Å². The van der Waals surface area contributed by atoms with Gasteiger partial charge in [-0.25, -0.2) is 0 Å². The summed E-state index contributed by atoms with van der Waals surface area (Å²) in [4.78, 5) is -0.0950. The molecular formula is C12H17Cl2N. The zero-order valence-corrected chi connectivity index (χ0v) is 10.4. The van der Waals surface area contributed by atoms with Crippen molar-refractivity contribution in [3.63, 3.8) is 0 Å². The van der Waals surface area contributed by atoms with Crippen LogP contribution in [0.4, 0.5) is 0 Å². The third-order valence-corrected chi connectivity index (χ3v) is 3.75. The first kappa shape index (κ1) is 12.8. The van der Waals surface area contributed by atoms with Gasteiger partial charge in [0.1, 0.15) is 0 Å². The molecule has 0 bridgehead atoms. The molecule has 0 heterocycles. The van der Waals surface area contributed by atoms with Crippen LogP contribution < -0.4 is 5.73 Å². The minimum Gasteiger partial charge on any atom is -0.326 e. The fourth-order valence-electron chi connectivity index (χ4n) is 1.75. The van der Waals surface area contributed by atoms with E-state index in [9.17, 15) is 0 Å². The van der Waals surface area contributed by atoms with Crippen molar-refractivity contribution in [1.82, 2.24) is 0 Å². The Hall–Kier alpha value is -0.240. The molecule has 1 aliphatic carbocycles. The maximum atomic E-state index is 6.27. The van der Waals surface area contributed by atoms with E-state index in [1.165, 1.54) is 11.1 Å². The summed E-state index contributed by atoms with van der Waals surface area (Å²) in [7, 11) is 0. The van der Waals surface area contributed by atoms with E-state index >= 15 is 0 Å². The topological polar surface area (TPSA) is 26.0 Å². The van der Waals surface area contributed by atoms with Gasteiger partial charge in [-0.3, -0.25) is 0 Å². The summed E-state index contributed by atoms with van der Waals surface area (Å²) < 4.78 is 0. The summed E-state index contributed by atoms with van der Waals surface area (Å²) >= 11 is 6.27. The highest BCUT2D eigenvalue weighted by Crippen LogP contribution is 2.45. The molecule has 0 saturated heterocycles. The Balaban J connectivity index is 0.00000112. The number of halogens is 2. The number of aryl methyl sites for hydroxylation is 1. The van der Waals surface area contributed by atoms with Crippen molar-refractivity contribution >= 4 is 24.0 Å². The van der Waals surface area contributed by atoms with E-state index in [0.29, 0.717) is 0 Å². The van der Waals surface area contributed by atoms with E-state index in [2.05, 4.69) is 31.2 Å². The van der Waals surface area contributed by atoms with Gasteiger partial charge in [-0.15, -0.1) is 24.0 Å². The van der Waals surface area contributed by atoms with Crippen molar-refractivity contribution in [3.05, 3.63) is 35.4 Å². The zero-order valence-electron chi connectivity index (χ0n) is 8.87. The molecule has 1 fully saturated rings. The fourth-order valence-corrected chi connectivity index (χ4v) is 1.92. The molecule has 1 nitrogen and oxygen atoms in total. The monoisotopic (exact) mass is 245 g/mol. The molecule has 1 aromatic rings. The van der Waals surface area contributed by atoms with E-state index in [-0.39, 0.29) is 23.3 Å². The van der Waals surface area contributed by atoms with E-state index in [1.807, 2.05) is 0 Å². The van der Waals surface area contributed by atoms with Crippen molar-refractivity contribution < 1.29 is 0 Å². The van der Waals surface area contributed by atoms with Gasteiger partial charge in [-0.2, -0.15) is 0 Å². The summed E-state index contributed by atoms with van der Waals surface area (Å²) in [6.45, 7) is 2.12. The lowest BCUT2D eigenvalue weighted by Gasteiger charge is -2.17. The lowest BCUT2D eigenvalue weighted by Crippen LogP contribution is -2.34. The Kier molecular flexibility index (Phi) is 4.05. The summed E-state index contributed by atoms with van der Waals surface area (Å²) in [5, 5.41) is 0.